The number of sulfonamides is 1. The van der Waals surface area contributed by atoms with E-state index in [1.54, 1.807) is 36.1 Å². The van der Waals surface area contributed by atoms with Gasteiger partial charge in [-0.1, -0.05) is 91.9 Å². The molecule has 2 N–H and O–H groups in total. The predicted octanol–water partition coefficient (Wildman–Crippen LogP) is 5.06. The van der Waals surface area contributed by atoms with Crippen molar-refractivity contribution in [2.75, 3.05) is 13.1 Å². The second kappa shape index (κ2) is 15.9. The van der Waals surface area contributed by atoms with Gasteiger partial charge in [-0.3, -0.25) is 9.59 Å². The molecule has 7 nitrogen and oxygen atoms in total. The molecule has 0 saturated heterocycles. The fourth-order valence-electron chi connectivity index (χ4n) is 4.94. The lowest BCUT2D eigenvalue weighted by atomic mass is 10.0. The molecule has 9 heteroatoms. The lowest BCUT2D eigenvalue weighted by molar-refractivity contribution is -0.141. The zero-order chi connectivity index (χ0) is 31.4. The number of halogens is 1. The summed E-state index contributed by atoms with van der Waals surface area (Å²) in [5.74, 6) is -0.887. The van der Waals surface area contributed by atoms with E-state index in [2.05, 4.69) is 10.0 Å². The molecule has 0 aliphatic heterocycles. The Hall–Kier alpha value is -4.34. The van der Waals surface area contributed by atoms with Crippen molar-refractivity contribution in [3.63, 3.8) is 0 Å². The van der Waals surface area contributed by atoms with Gasteiger partial charge in [-0.25, -0.2) is 17.5 Å². The second-order valence-corrected chi connectivity index (χ2v) is 12.3. The van der Waals surface area contributed by atoms with Gasteiger partial charge < -0.3 is 10.2 Å². The molecule has 0 aliphatic carbocycles. The van der Waals surface area contributed by atoms with Crippen molar-refractivity contribution in [3.05, 3.63) is 137 Å². The molecule has 0 bridgehead atoms. The molecule has 4 aromatic carbocycles. The van der Waals surface area contributed by atoms with E-state index in [1.807, 2.05) is 60.7 Å². The number of carbonyl (C=O) groups excluding carboxylic acids is 2. The van der Waals surface area contributed by atoms with Crippen LogP contribution in [0.15, 0.2) is 114 Å². The lowest BCUT2D eigenvalue weighted by Gasteiger charge is -2.32. The number of carbonyl (C=O) groups is 2. The van der Waals surface area contributed by atoms with Gasteiger partial charge in [0, 0.05) is 32.5 Å². The van der Waals surface area contributed by atoms with Gasteiger partial charge in [0.25, 0.3) is 0 Å². The molecular weight excluding hydrogens is 577 g/mol. The molecule has 0 aliphatic rings. The smallest absolute Gasteiger partial charge is 0.243 e. The van der Waals surface area contributed by atoms with Gasteiger partial charge in [0.1, 0.15) is 11.9 Å². The normalized spacial score (nSPS) is 12.0. The highest BCUT2D eigenvalue weighted by molar-refractivity contribution is 7.89. The summed E-state index contributed by atoms with van der Waals surface area (Å²) in [4.78, 5) is 29.4. The molecule has 1 atom stereocenters. The summed E-state index contributed by atoms with van der Waals surface area (Å²) in [6.07, 6.45) is 1.41. The number of aryl methyl sites for hydroxylation is 1. The monoisotopic (exact) mass is 615 g/mol. The summed E-state index contributed by atoms with van der Waals surface area (Å²) >= 11 is 0. The van der Waals surface area contributed by atoms with Crippen LogP contribution in [0.5, 0.6) is 0 Å². The van der Waals surface area contributed by atoms with Gasteiger partial charge in [0.2, 0.25) is 21.8 Å². The van der Waals surface area contributed by atoms with Gasteiger partial charge in [-0.2, -0.15) is 0 Å². The number of hydrogen-bond acceptors (Lipinski definition) is 4. The highest BCUT2D eigenvalue weighted by atomic mass is 32.2. The highest BCUT2D eigenvalue weighted by Gasteiger charge is 2.30. The third kappa shape index (κ3) is 9.59. The van der Waals surface area contributed by atoms with E-state index < -0.39 is 16.1 Å². The maximum Gasteiger partial charge on any atom is 0.243 e. The van der Waals surface area contributed by atoms with E-state index >= 15 is 0 Å². The number of hydrogen-bond donors (Lipinski definition) is 2. The van der Waals surface area contributed by atoms with E-state index in [1.165, 1.54) is 24.3 Å². The standard InChI is InChI=1S/C35H38FN3O4S/c1-2-38-44(42,43)32-20-15-28(16-21-32)17-22-34(40)39(26-30-13-18-31(36)19-14-30)33(25-29-11-7-4-8-12-29)35(41)37-24-23-27-9-5-3-6-10-27/h3-16,18-21,33,38H,2,17,22-26H2,1H3,(H,37,41)/t33-/m0/s1. The lowest BCUT2D eigenvalue weighted by Crippen LogP contribution is -2.50. The first-order valence-electron chi connectivity index (χ1n) is 14.7. The van der Waals surface area contributed by atoms with E-state index in [0.29, 0.717) is 31.4 Å². The van der Waals surface area contributed by atoms with Gasteiger partial charge in [-0.05, 0) is 59.4 Å². The summed E-state index contributed by atoms with van der Waals surface area (Å²) in [5, 5.41) is 3.03. The van der Waals surface area contributed by atoms with E-state index in [-0.39, 0.29) is 42.0 Å². The number of nitrogens with one attached hydrogen (secondary N) is 2. The second-order valence-electron chi connectivity index (χ2n) is 10.5. The highest BCUT2D eigenvalue weighted by Crippen LogP contribution is 2.18. The third-order valence-corrected chi connectivity index (χ3v) is 8.85. The van der Waals surface area contributed by atoms with Crippen molar-refractivity contribution >= 4 is 21.8 Å². The Kier molecular flexibility index (Phi) is 11.8. The SMILES string of the molecule is CCNS(=O)(=O)c1ccc(CCC(=O)N(Cc2ccc(F)cc2)[C@@H](Cc2ccccc2)C(=O)NCCc2ccccc2)cc1. The fraction of sp³-hybridized carbons (Fsp3) is 0.257. The molecule has 44 heavy (non-hydrogen) atoms. The van der Waals surface area contributed by atoms with Gasteiger partial charge in [0.05, 0.1) is 4.90 Å². The van der Waals surface area contributed by atoms with Crippen molar-refractivity contribution in [2.45, 2.75) is 50.1 Å². The van der Waals surface area contributed by atoms with Crippen molar-refractivity contribution in [3.8, 4) is 0 Å². The molecule has 0 fully saturated rings. The van der Waals surface area contributed by atoms with Gasteiger partial charge in [0.15, 0.2) is 0 Å². The Bertz CT molecular complexity index is 1600. The molecule has 0 unspecified atom stereocenters. The first-order valence-corrected chi connectivity index (χ1v) is 16.2. The molecule has 4 aromatic rings. The van der Waals surface area contributed by atoms with Crippen molar-refractivity contribution in [2.24, 2.45) is 0 Å². The minimum absolute atomic E-state index is 0.100. The van der Waals surface area contributed by atoms with Crippen molar-refractivity contribution < 1.29 is 22.4 Å². The number of rotatable bonds is 15. The fourth-order valence-corrected chi connectivity index (χ4v) is 5.98. The Morgan fingerprint density at radius 3 is 1.93 bits per heavy atom. The molecule has 2 amide bonds. The molecule has 0 aromatic heterocycles. The van der Waals surface area contributed by atoms with Crippen LogP contribution in [0, 0.1) is 5.82 Å². The zero-order valence-corrected chi connectivity index (χ0v) is 25.6. The van der Waals surface area contributed by atoms with E-state index in [4.69, 9.17) is 0 Å². The van der Waals surface area contributed by atoms with E-state index in [0.717, 1.165) is 16.7 Å². The maximum atomic E-state index is 13.9. The summed E-state index contributed by atoms with van der Waals surface area (Å²) in [5.41, 5.74) is 3.50. The third-order valence-electron chi connectivity index (χ3n) is 7.29. The minimum Gasteiger partial charge on any atom is -0.354 e. The summed E-state index contributed by atoms with van der Waals surface area (Å²) in [6.45, 7) is 2.54. The van der Waals surface area contributed by atoms with Crippen LogP contribution in [0.3, 0.4) is 0 Å². The van der Waals surface area contributed by atoms with E-state index in [9.17, 15) is 22.4 Å². The van der Waals surface area contributed by atoms with Crippen LogP contribution in [-0.2, 0) is 45.4 Å². The average molecular weight is 616 g/mol. The zero-order valence-electron chi connectivity index (χ0n) is 24.8. The average Bonchev–Trinajstić information content (AvgIpc) is 3.03. The summed E-state index contributed by atoms with van der Waals surface area (Å²) in [7, 11) is -3.58. The molecule has 0 saturated carbocycles. The molecule has 0 spiro atoms. The van der Waals surface area contributed by atoms with Crippen LogP contribution in [-0.4, -0.2) is 44.3 Å². The van der Waals surface area contributed by atoms with Crippen LogP contribution >= 0.6 is 0 Å². The number of benzene rings is 4. The molecule has 4 rings (SSSR count). The Morgan fingerprint density at radius 1 is 0.750 bits per heavy atom. The number of amides is 2. The molecule has 0 radical (unpaired) electrons. The first kappa shape index (κ1) is 32.6. The maximum absolute atomic E-state index is 13.9. The Morgan fingerprint density at radius 2 is 1.32 bits per heavy atom. The van der Waals surface area contributed by atoms with Crippen LogP contribution < -0.4 is 10.0 Å². The summed E-state index contributed by atoms with van der Waals surface area (Å²) in [6, 6.07) is 30.9. The van der Waals surface area contributed by atoms with Crippen LogP contribution in [0.2, 0.25) is 0 Å². The Balaban J connectivity index is 1.55. The largest absolute Gasteiger partial charge is 0.354 e. The predicted molar refractivity (Wildman–Crippen MR) is 170 cm³/mol. The topological polar surface area (TPSA) is 95.6 Å². The van der Waals surface area contributed by atoms with Crippen molar-refractivity contribution in [1.82, 2.24) is 14.9 Å². The number of nitrogens with zero attached hydrogens (tertiary/aromatic N) is 1. The molecule has 230 valence electrons. The molecule has 0 heterocycles. The van der Waals surface area contributed by atoms with Gasteiger partial charge in [-0.15, -0.1) is 0 Å². The quantitative estimate of drug-likeness (QED) is 0.196. The van der Waals surface area contributed by atoms with Crippen LogP contribution in [0.25, 0.3) is 0 Å². The molecular formula is C35H38FN3O4S. The van der Waals surface area contributed by atoms with Crippen LogP contribution in [0.4, 0.5) is 4.39 Å². The Labute approximate surface area is 259 Å². The van der Waals surface area contributed by atoms with Crippen LogP contribution in [0.1, 0.15) is 35.6 Å². The summed E-state index contributed by atoms with van der Waals surface area (Å²) < 4.78 is 40.8. The first-order chi connectivity index (χ1) is 21.2. The minimum atomic E-state index is -3.58. The van der Waals surface area contributed by atoms with Crippen molar-refractivity contribution in [1.29, 1.82) is 0 Å². The van der Waals surface area contributed by atoms with Gasteiger partial charge >= 0.3 is 0 Å².